The quantitative estimate of drug-likeness (QED) is 0.821. The highest BCUT2D eigenvalue weighted by Crippen LogP contribution is 2.26. The molecule has 2 saturated heterocycles. The topological polar surface area (TPSA) is 74.5 Å². The summed E-state index contributed by atoms with van der Waals surface area (Å²) >= 11 is 0. The van der Waals surface area contributed by atoms with Gasteiger partial charge in [-0.2, -0.15) is 0 Å². The van der Waals surface area contributed by atoms with Crippen LogP contribution in [-0.2, 0) is 11.3 Å². The molecule has 3 heterocycles. The Morgan fingerprint density at radius 2 is 1.93 bits per heavy atom. The number of hydrogen-bond acceptors (Lipinski definition) is 6. The minimum absolute atomic E-state index is 0.185. The standard InChI is InChI=1S/C20H33N5O2/c1-14(2)20-23-22-18(27-20)13-24-10-7-17(8-11-24)25-9-3-4-15(12-25)19(26)21-16-5-6-16/h14-17H,3-13H2,1-2H3,(H,21,26)/t15-/m0/s1. The van der Waals surface area contributed by atoms with Crippen LogP contribution in [-0.4, -0.2) is 64.2 Å². The third-order valence-corrected chi connectivity index (χ3v) is 6.16. The number of hydrogen-bond donors (Lipinski definition) is 1. The summed E-state index contributed by atoms with van der Waals surface area (Å²) < 4.78 is 5.75. The summed E-state index contributed by atoms with van der Waals surface area (Å²) in [6, 6.07) is 1.07. The number of aromatic nitrogens is 2. The molecule has 1 atom stereocenters. The van der Waals surface area contributed by atoms with Crippen molar-refractivity contribution in [3.63, 3.8) is 0 Å². The van der Waals surface area contributed by atoms with E-state index in [1.807, 2.05) is 0 Å². The normalized spacial score (nSPS) is 25.8. The maximum absolute atomic E-state index is 12.4. The Labute approximate surface area is 161 Å². The van der Waals surface area contributed by atoms with Gasteiger partial charge in [-0.3, -0.25) is 14.6 Å². The Morgan fingerprint density at radius 3 is 2.59 bits per heavy atom. The third kappa shape index (κ3) is 4.88. The Kier molecular flexibility index (Phi) is 5.78. The van der Waals surface area contributed by atoms with Crippen molar-refractivity contribution < 1.29 is 9.21 Å². The van der Waals surface area contributed by atoms with E-state index < -0.39 is 0 Å². The van der Waals surface area contributed by atoms with E-state index in [-0.39, 0.29) is 17.7 Å². The molecule has 1 aromatic heterocycles. The van der Waals surface area contributed by atoms with Crippen molar-refractivity contribution in [1.82, 2.24) is 25.3 Å². The van der Waals surface area contributed by atoms with E-state index in [2.05, 4.69) is 39.2 Å². The second-order valence-corrected chi connectivity index (χ2v) is 8.81. The molecule has 1 amide bonds. The second-order valence-electron chi connectivity index (χ2n) is 8.81. The van der Waals surface area contributed by atoms with E-state index in [9.17, 15) is 4.79 Å². The molecule has 1 aliphatic carbocycles. The molecule has 0 unspecified atom stereocenters. The molecule has 1 aromatic rings. The predicted molar refractivity (Wildman–Crippen MR) is 102 cm³/mol. The first-order chi connectivity index (χ1) is 13.1. The number of nitrogens with zero attached hydrogens (tertiary/aromatic N) is 4. The Morgan fingerprint density at radius 1 is 1.15 bits per heavy atom. The minimum atomic E-state index is 0.185. The molecule has 7 nitrogen and oxygen atoms in total. The molecular formula is C20H33N5O2. The second kappa shape index (κ2) is 8.27. The van der Waals surface area contributed by atoms with Gasteiger partial charge in [0.25, 0.3) is 0 Å². The van der Waals surface area contributed by atoms with Gasteiger partial charge >= 0.3 is 0 Å². The molecule has 7 heteroatoms. The number of carbonyl (C=O) groups is 1. The lowest BCUT2D eigenvalue weighted by Gasteiger charge is -2.41. The van der Waals surface area contributed by atoms with Gasteiger partial charge in [0, 0.05) is 37.6 Å². The number of rotatable bonds is 6. The summed E-state index contributed by atoms with van der Waals surface area (Å²) in [7, 11) is 0. The fourth-order valence-corrected chi connectivity index (χ4v) is 4.30. The highest BCUT2D eigenvalue weighted by atomic mass is 16.4. The average molecular weight is 376 g/mol. The minimum Gasteiger partial charge on any atom is -0.424 e. The molecule has 1 N–H and O–H groups in total. The van der Waals surface area contributed by atoms with E-state index in [0.29, 0.717) is 12.1 Å². The zero-order chi connectivity index (χ0) is 18.8. The molecule has 0 aromatic carbocycles. The first-order valence-electron chi connectivity index (χ1n) is 10.7. The lowest BCUT2D eigenvalue weighted by molar-refractivity contribution is -0.127. The molecule has 1 saturated carbocycles. The van der Waals surface area contributed by atoms with E-state index in [0.717, 1.165) is 70.2 Å². The van der Waals surface area contributed by atoms with Crippen LogP contribution in [0.25, 0.3) is 0 Å². The van der Waals surface area contributed by atoms with Crippen molar-refractivity contribution in [3.05, 3.63) is 11.8 Å². The summed E-state index contributed by atoms with van der Waals surface area (Å²) in [4.78, 5) is 17.4. The number of amides is 1. The van der Waals surface area contributed by atoms with Gasteiger partial charge in [0.1, 0.15) is 0 Å². The molecule has 4 rings (SSSR count). The van der Waals surface area contributed by atoms with E-state index in [1.54, 1.807) is 0 Å². The van der Waals surface area contributed by atoms with Gasteiger partial charge in [0.2, 0.25) is 17.7 Å². The third-order valence-electron chi connectivity index (χ3n) is 6.16. The van der Waals surface area contributed by atoms with Crippen LogP contribution in [0, 0.1) is 5.92 Å². The predicted octanol–water partition coefficient (Wildman–Crippen LogP) is 2.15. The van der Waals surface area contributed by atoms with Crippen molar-refractivity contribution >= 4 is 5.91 Å². The van der Waals surface area contributed by atoms with Crippen molar-refractivity contribution in [2.45, 2.75) is 76.9 Å². The van der Waals surface area contributed by atoms with Crippen molar-refractivity contribution in [2.24, 2.45) is 5.92 Å². The maximum atomic E-state index is 12.4. The van der Waals surface area contributed by atoms with Crippen LogP contribution in [0.15, 0.2) is 4.42 Å². The molecular weight excluding hydrogens is 342 g/mol. The molecule has 27 heavy (non-hydrogen) atoms. The smallest absolute Gasteiger partial charge is 0.230 e. The van der Waals surface area contributed by atoms with Crippen LogP contribution in [0.4, 0.5) is 0 Å². The summed E-state index contributed by atoms with van der Waals surface area (Å²) in [5.41, 5.74) is 0. The van der Waals surface area contributed by atoms with Gasteiger partial charge in [-0.05, 0) is 45.1 Å². The summed E-state index contributed by atoms with van der Waals surface area (Å²) in [5.74, 6) is 2.21. The maximum Gasteiger partial charge on any atom is 0.230 e. The largest absolute Gasteiger partial charge is 0.424 e. The number of carbonyl (C=O) groups excluding carboxylic acids is 1. The first kappa shape index (κ1) is 18.9. The lowest BCUT2D eigenvalue weighted by Crippen LogP contribution is -2.50. The molecule has 150 valence electrons. The van der Waals surface area contributed by atoms with Crippen molar-refractivity contribution in [3.8, 4) is 0 Å². The summed E-state index contributed by atoms with van der Waals surface area (Å²) in [6.07, 6.45) is 6.83. The van der Waals surface area contributed by atoms with Crippen LogP contribution in [0.2, 0.25) is 0 Å². The van der Waals surface area contributed by atoms with Crippen LogP contribution in [0.1, 0.15) is 70.1 Å². The van der Waals surface area contributed by atoms with Gasteiger partial charge in [0.15, 0.2) is 0 Å². The zero-order valence-electron chi connectivity index (χ0n) is 16.7. The van der Waals surface area contributed by atoms with E-state index >= 15 is 0 Å². The average Bonchev–Trinajstić information content (AvgIpc) is 3.37. The summed E-state index contributed by atoms with van der Waals surface area (Å²) in [5, 5.41) is 11.5. The van der Waals surface area contributed by atoms with Gasteiger partial charge in [-0.25, -0.2) is 0 Å². The monoisotopic (exact) mass is 375 g/mol. The fraction of sp³-hybridized carbons (Fsp3) is 0.850. The molecule has 3 fully saturated rings. The first-order valence-corrected chi connectivity index (χ1v) is 10.7. The van der Waals surface area contributed by atoms with E-state index in [1.165, 1.54) is 12.8 Å². The van der Waals surface area contributed by atoms with Gasteiger partial charge < -0.3 is 9.73 Å². The highest BCUT2D eigenvalue weighted by Gasteiger charge is 2.33. The lowest BCUT2D eigenvalue weighted by atomic mass is 9.93. The molecule has 0 spiro atoms. The molecule has 0 radical (unpaired) electrons. The number of piperidine rings is 2. The van der Waals surface area contributed by atoms with Gasteiger partial charge in [0.05, 0.1) is 12.5 Å². The zero-order valence-corrected chi connectivity index (χ0v) is 16.7. The van der Waals surface area contributed by atoms with Crippen LogP contribution in [0.5, 0.6) is 0 Å². The molecule has 0 bridgehead atoms. The van der Waals surface area contributed by atoms with Crippen LogP contribution < -0.4 is 5.32 Å². The van der Waals surface area contributed by atoms with Crippen molar-refractivity contribution in [1.29, 1.82) is 0 Å². The van der Waals surface area contributed by atoms with Gasteiger partial charge in [-0.1, -0.05) is 13.8 Å². The molecule has 3 aliphatic rings. The number of nitrogens with one attached hydrogen (secondary N) is 1. The molecule has 2 aliphatic heterocycles. The number of likely N-dealkylation sites (tertiary alicyclic amines) is 2. The highest BCUT2D eigenvalue weighted by molar-refractivity contribution is 5.79. The van der Waals surface area contributed by atoms with Crippen LogP contribution in [0.3, 0.4) is 0 Å². The van der Waals surface area contributed by atoms with Crippen LogP contribution >= 0.6 is 0 Å². The fourth-order valence-electron chi connectivity index (χ4n) is 4.30. The Balaban J connectivity index is 1.23. The van der Waals surface area contributed by atoms with Crippen molar-refractivity contribution in [2.75, 3.05) is 26.2 Å². The Hall–Kier alpha value is -1.47. The SMILES string of the molecule is CC(C)c1nnc(CN2CCC(N3CCC[C@H](C(=O)NC4CC4)C3)CC2)o1. The Bertz CT molecular complexity index is 634. The van der Waals surface area contributed by atoms with E-state index in [4.69, 9.17) is 4.42 Å². The summed E-state index contributed by atoms with van der Waals surface area (Å²) in [6.45, 7) is 9.07. The van der Waals surface area contributed by atoms with Gasteiger partial charge in [-0.15, -0.1) is 10.2 Å².